The number of aliphatic hydroxyl groups is 1. The van der Waals surface area contributed by atoms with Gasteiger partial charge in [-0.25, -0.2) is 4.98 Å². The van der Waals surface area contributed by atoms with Crippen molar-refractivity contribution in [2.24, 2.45) is 0 Å². The number of carbonyl (C=O) groups excluding carboxylic acids is 1. The molecule has 0 spiro atoms. The number of anilines is 1. The molecular formula is C35H46N8O3. The molecule has 46 heavy (non-hydrogen) atoms. The molecule has 3 aromatic rings. The van der Waals surface area contributed by atoms with Crippen LogP contribution in [0.1, 0.15) is 40.0 Å². The van der Waals surface area contributed by atoms with Gasteiger partial charge in [0.15, 0.2) is 0 Å². The van der Waals surface area contributed by atoms with Crippen molar-refractivity contribution in [1.82, 2.24) is 30.7 Å². The molecule has 2 aliphatic rings. The number of pyridine rings is 1. The molecule has 5 rings (SSSR count). The smallest absolute Gasteiger partial charge is 0.255 e. The number of nitrogens with one attached hydrogen (secondary N) is 4. The maximum absolute atomic E-state index is 13.2. The van der Waals surface area contributed by atoms with Gasteiger partial charge in [-0.15, -0.1) is 0 Å². The van der Waals surface area contributed by atoms with E-state index in [2.05, 4.69) is 86.2 Å². The fourth-order valence-corrected chi connectivity index (χ4v) is 6.08. The Kier molecular flexibility index (Phi) is 11.5. The van der Waals surface area contributed by atoms with Crippen LogP contribution >= 0.6 is 0 Å². The van der Waals surface area contributed by atoms with Crippen LogP contribution in [0.15, 0.2) is 67.0 Å². The summed E-state index contributed by atoms with van der Waals surface area (Å²) in [7, 11) is 1.74. The number of allylic oxidation sites excluding steroid dienone is 1. The van der Waals surface area contributed by atoms with E-state index in [-0.39, 0.29) is 36.0 Å². The number of hydrogen-bond acceptors (Lipinski definition) is 10. The highest BCUT2D eigenvalue weighted by atomic mass is 16.5. The molecule has 3 heterocycles. The van der Waals surface area contributed by atoms with Crippen LogP contribution in [0.25, 0.3) is 16.7 Å². The van der Waals surface area contributed by atoms with E-state index in [1.165, 1.54) is 17.3 Å². The fourth-order valence-electron chi connectivity index (χ4n) is 6.08. The predicted octanol–water partition coefficient (Wildman–Crippen LogP) is 2.50. The van der Waals surface area contributed by atoms with Crippen molar-refractivity contribution in [3.63, 3.8) is 0 Å². The lowest BCUT2D eigenvalue weighted by Gasteiger charge is -2.38. The molecule has 1 amide bonds. The molecule has 11 heteroatoms. The first-order valence-corrected chi connectivity index (χ1v) is 15.9. The van der Waals surface area contributed by atoms with Crippen LogP contribution < -0.4 is 21.7 Å². The van der Waals surface area contributed by atoms with Gasteiger partial charge in [-0.2, -0.15) is 0 Å². The number of nitrogens with zero attached hydrogens (tertiary/aromatic N) is 3. The van der Waals surface area contributed by atoms with Gasteiger partial charge in [-0.05, 0) is 35.2 Å². The molecule has 244 valence electrons. The summed E-state index contributed by atoms with van der Waals surface area (Å²) in [6, 6.07) is 19.0. The molecule has 2 aromatic carbocycles. The van der Waals surface area contributed by atoms with Gasteiger partial charge < -0.3 is 36.9 Å². The number of aliphatic hydroxyl groups excluding tert-OH is 1. The SMILES string of the molecule is CN/C=C(\C=N)c1cnc(N)c(C(=O)N[C@H]2CNC[C@@H]2OCc2ccc(-c3ccc(C(C)N4CCN(CCO)CC4)cc3)cc2)c1. The van der Waals surface area contributed by atoms with Crippen LogP contribution in [0, 0.1) is 5.41 Å². The Morgan fingerprint density at radius 3 is 2.48 bits per heavy atom. The van der Waals surface area contributed by atoms with Crippen LogP contribution in [0.2, 0.25) is 0 Å². The first kappa shape index (κ1) is 33.2. The number of nitrogens with two attached hydrogens (primary N) is 1. The normalized spacial score (nSPS) is 19.9. The van der Waals surface area contributed by atoms with E-state index in [0.29, 0.717) is 36.9 Å². The first-order valence-electron chi connectivity index (χ1n) is 15.9. The van der Waals surface area contributed by atoms with Crippen molar-refractivity contribution in [3.05, 3.63) is 89.2 Å². The van der Waals surface area contributed by atoms with Gasteiger partial charge in [0.05, 0.1) is 30.9 Å². The van der Waals surface area contributed by atoms with Crippen LogP contribution in [-0.4, -0.2) is 104 Å². The van der Waals surface area contributed by atoms with E-state index in [9.17, 15) is 9.90 Å². The highest BCUT2D eigenvalue weighted by molar-refractivity contribution is 6.09. The van der Waals surface area contributed by atoms with Gasteiger partial charge in [-0.1, -0.05) is 48.5 Å². The number of rotatable bonds is 13. The predicted molar refractivity (Wildman–Crippen MR) is 183 cm³/mol. The van der Waals surface area contributed by atoms with Crippen molar-refractivity contribution in [2.75, 3.05) is 65.2 Å². The molecule has 0 bridgehead atoms. The third kappa shape index (κ3) is 8.17. The monoisotopic (exact) mass is 626 g/mol. The topological polar surface area (TPSA) is 152 Å². The Bertz CT molecular complexity index is 1490. The number of hydrogen-bond donors (Lipinski definition) is 6. The third-order valence-corrected chi connectivity index (χ3v) is 8.94. The molecular weight excluding hydrogens is 580 g/mol. The van der Waals surface area contributed by atoms with Crippen molar-refractivity contribution >= 4 is 23.5 Å². The zero-order valence-corrected chi connectivity index (χ0v) is 26.7. The summed E-state index contributed by atoms with van der Waals surface area (Å²) in [6.07, 6.45) is 4.22. The Morgan fingerprint density at radius 1 is 1.13 bits per heavy atom. The number of benzene rings is 2. The summed E-state index contributed by atoms with van der Waals surface area (Å²) in [5.74, 6) is -0.190. The van der Waals surface area contributed by atoms with Crippen molar-refractivity contribution in [2.45, 2.75) is 31.7 Å². The van der Waals surface area contributed by atoms with Crippen molar-refractivity contribution in [1.29, 1.82) is 5.41 Å². The minimum Gasteiger partial charge on any atom is -0.395 e. The Hall–Kier alpha value is -4.13. The van der Waals surface area contributed by atoms with E-state index in [1.54, 1.807) is 25.5 Å². The molecule has 0 radical (unpaired) electrons. The zero-order chi connectivity index (χ0) is 32.5. The lowest BCUT2D eigenvalue weighted by atomic mass is 9.99. The minimum absolute atomic E-state index is 0.135. The lowest BCUT2D eigenvalue weighted by Crippen LogP contribution is -2.47. The Balaban J connectivity index is 1.14. The van der Waals surface area contributed by atoms with Crippen molar-refractivity contribution < 1.29 is 14.6 Å². The molecule has 0 aliphatic carbocycles. The number of ether oxygens (including phenoxy) is 1. The quantitative estimate of drug-likeness (QED) is 0.157. The molecule has 2 aliphatic heterocycles. The summed E-state index contributed by atoms with van der Waals surface area (Å²) in [5.41, 5.74) is 12.2. The second-order valence-corrected chi connectivity index (χ2v) is 11.9. The van der Waals surface area contributed by atoms with Crippen molar-refractivity contribution in [3.8, 4) is 11.1 Å². The van der Waals surface area contributed by atoms with Gasteiger partial charge in [0.2, 0.25) is 0 Å². The lowest BCUT2D eigenvalue weighted by molar-refractivity contribution is 0.0358. The number of nitrogen functional groups attached to an aromatic ring is 1. The number of aromatic nitrogens is 1. The Morgan fingerprint density at radius 2 is 1.83 bits per heavy atom. The average molecular weight is 627 g/mol. The molecule has 2 fully saturated rings. The number of carbonyl (C=O) groups is 1. The maximum atomic E-state index is 13.2. The van der Waals surface area contributed by atoms with E-state index in [0.717, 1.165) is 43.9 Å². The average Bonchev–Trinajstić information content (AvgIpc) is 3.53. The standard InChI is InChI=1S/C35H46N8O3/c1-24(43-13-11-42(12-14-43)15-16-44)26-7-9-28(10-8-26)27-5-3-25(4-6-27)23-46-33-22-39-21-32(33)41-35(45)31-17-29(20-40-34(31)37)30(18-36)19-38-2/h3-10,17-20,24,32-33,36,38-39,44H,11-16,21-23H2,1-2H3,(H2,37,40)(H,41,45)/b30-19+,36-18?/t24?,32-,33-/m0/s1. The molecule has 7 N–H and O–H groups in total. The van der Waals surface area contributed by atoms with E-state index >= 15 is 0 Å². The number of β-amino-alcohol motifs (C(OH)–C–C–N with tert-alkyl or cyclic N) is 1. The molecule has 0 saturated carbocycles. The van der Waals surface area contributed by atoms with Gasteiger partial charge >= 0.3 is 0 Å². The summed E-state index contributed by atoms with van der Waals surface area (Å²) in [6.45, 7) is 8.90. The minimum atomic E-state index is -0.326. The van der Waals surface area contributed by atoms with Crippen LogP contribution in [0.4, 0.5) is 5.82 Å². The third-order valence-electron chi connectivity index (χ3n) is 8.94. The second kappa shape index (κ2) is 15.9. The van der Waals surface area contributed by atoms with E-state index in [1.807, 2.05) is 0 Å². The summed E-state index contributed by atoms with van der Waals surface area (Å²) in [5, 5.41) is 26.1. The molecule has 1 unspecified atom stereocenters. The maximum Gasteiger partial charge on any atom is 0.255 e. The largest absolute Gasteiger partial charge is 0.395 e. The molecule has 11 nitrogen and oxygen atoms in total. The second-order valence-electron chi connectivity index (χ2n) is 11.9. The molecule has 2 saturated heterocycles. The molecule has 3 atom stereocenters. The van der Waals surface area contributed by atoms with Gasteiger partial charge in [0, 0.05) is 88.7 Å². The van der Waals surface area contributed by atoms with Gasteiger partial charge in [-0.3, -0.25) is 14.6 Å². The van der Waals surface area contributed by atoms with Gasteiger partial charge in [0.25, 0.3) is 5.91 Å². The van der Waals surface area contributed by atoms with E-state index in [4.69, 9.17) is 15.9 Å². The first-order chi connectivity index (χ1) is 22.4. The number of amides is 1. The summed E-state index contributed by atoms with van der Waals surface area (Å²) < 4.78 is 6.25. The fraction of sp³-hybridized carbons (Fsp3) is 0.400. The molecule has 1 aromatic heterocycles. The summed E-state index contributed by atoms with van der Waals surface area (Å²) >= 11 is 0. The zero-order valence-electron chi connectivity index (χ0n) is 26.7. The Labute approximate surface area is 271 Å². The number of piperazine rings is 1. The van der Waals surface area contributed by atoms with Gasteiger partial charge in [0.1, 0.15) is 5.82 Å². The van der Waals surface area contributed by atoms with Crippen LogP contribution in [-0.2, 0) is 11.3 Å². The van der Waals surface area contributed by atoms with Crippen LogP contribution in [0.3, 0.4) is 0 Å². The van der Waals surface area contributed by atoms with E-state index < -0.39 is 0 Å². The highest BCUT2D eigenvalue weighted by Crippen LogP contribution is 2.26. The van der Waals surface area contributed by atoms with Crippen LogP contribution in [0.5, 0.6) is 0 Å². The summed E-state index contributed by atoms with van der Waals surface area (Å²) in [4.78, 5) is 22.2. The highest BCUT2D eigenvalue weighted by Gasteiger charge is 2.30.